The average Bonchev–Trinajstić information content (AvgIpc) is 2.17. The van der Waals surface area contributed by atoms with Gasteiger partial charge in [-0.05, 0) is 12.5 Å². The Labute approximate surface area is 87.7 Å². The van der Waals surface area contributed by atoms with Gasteiger partial charge in [-0.25, -0.2) is 0 Å². The first-order valence-electron chi connectivity index (χ1n) is 3.96. The van der Waals surface area contributed by atoms with Crippen LogP contribution in [0.1, 0.15) is 17.9 Å². The van der Waals surface area contributed by atoms with Crippen molar-refractivity contribution in [3.05, 3.63) is 35.9 Å². The van der Waals surface area contributed by atoms with Crippen molar-refractivity contribution in [2.75, 3.05) is 0 Å². The lowest BCUT2D eigenvalue weighted by Gasteiger charge is -2.12. The normalized spacial score (nSPS) is 15.0. The predicted octanol–water partition coefficient (Wildman–Crippen LogP) is 3.16. The van der Waals surface area contributed by atoms with Crippen LogP contribution in [0, 0.1) is 0 Å². The van der Waals surface area contributed by atoms with E-state index in [1.165, 1.54) is 6.92 Å². The minimum atomic E-state index is -0.649. The topological polar surface area (TPSA) is 17.1 Å². The Balaban J connectivity index is 2.79. The van der Waals surface area contributed by atoms with Gasteiger partial charge in [0, 0.05) is 0 Å². The molecule has 0 bridgehead atoms. The highest BCUT2D eigenvalue weighted by Gasteiger charge is 2.22. The van der Waals surface area contributed by atoms with Crippen molar-refractivity contribution in [1.29, 1.82) is 0 Å². The van der Waals surface area contributed by atoms with Crippen molar-refractivity contribution in [2.24, 2.45) is 0 Å². The van der Waals surface area contributed by atoms with Gasteiger partial charge in [0.25, 0.3) is 0 Å². The van der Waals surface area contributed by atoms with Crippen LogP contribution < -0.4 is 0 Å². The summed E-state index contributed by atoms with van der Waals surface area (Å²) in [6.45, 7) is 1.44. The molecule has 0 aliphatic rings. The molecule has 3 heteroatoms. The third-order valence-corrected chi connectivity index (χ3v) is 2.96. The van der Waals surface area contributed by atoms with E-state index in [1.54, 1.807) is 0 Å². The smallest absolute Gasteiger partial charge is 0.149 e. The second-order valence-corrected chi connectivity index (χ2v) is 3.77. The maximum absolute atomic E-state index is 10.9. The molecule has 0 saturated heterocycles. The van der Waals surface area contributed by atoms with Gasteiger partial charge < -0.3 is 0 Å². The second kappa shape index (κ2) is 4.64. The third kappa shape index (κ3) is 2.71. The van der Waals surface area contributed by atoms with E-state index in [1.807, 2.05) is 30.3 Å². The molecule has 1 nitrogen and oxygen atoms in total. The van der Waals surface area contributed by atoms with E-state index >= 15 is 0 Å². The largest absolute Gasteiger partial charge is 0.298 e. The van der Waals surface area contributed by atoms with Crippen molar-refractivity contribution >= 4 is 29.0 Å². The molecule has 2 atom stereocenters. The van der Waals surface area contributed by atoms with Crippen molar-refractivity contribution in [2.45, 2.75) is 17.7 Å². The van der Waals surface area contributed by atoms with Crippen LogP contribution in [0.5, 0.6) is 0 Å². The monoisotopic (exact) mass is 216 g/mol. The first-order chi connectivity index (χ1) is 6.13. The van der Waals surface area contributed by atoms with E-state index < -0.39 is 10.8 Å². The minimum absolute atomic E-state index is 0.106. The lowest BCUT2D eigenvalue weighted by Crippen LogP contribution is -2.16. The SMILES string of the molecule is CC(=O)[C@H](Cl)[C@@H](Cl)c1ccccc1. The highest BCUT2D eigenvalue weighted by atomic mass is 35.5. The number of alkyl halides is 2. The third-order valence-electron chi connectivity index (χ3n) is 1.76. The summed E-state index contributed by atoms with van der Waals surface area (Å²) in [5.41, 5.74) is 0.874. The second-order valence-electron chi connectivity index (χ2n) is 2.82. The molecule has 1 rings (SSSR count). The van der Waals surface area contributed by atoms with Crippen LogP contribution in [-0.2, 0) is 4.79 Å². The highest BCUT2D eigenvalue weighted by molar-refractivity contribution is 6.37. The highest BCUT2D eigenvalue weighted by Crippen LogP contribution is 2.28. The quantitative estimate of drug-likeness (QED) is 0.710. The summed E-state index contributed by atoms with van der Waals surface area (Å²) in [5.74, 6) is -0.106. The van der Waals surface area contributed by atoms with Crippen LogP contribution >= 0.6 is 23.2 Å². The Morgan fingerprint density at radius 2 is 1.77 bits per heavy atom. The van der Waals surface area contributed by atoms with Gasteiger partial charge in [-0.2, -0.15) is 0 Å². The number of hydrogen-bond acceptors (Lipinski definition) is 1. The summed E-state index contributed by atoms with van der Waals surface area (Å²) < 4.78 is 0. The summed E-state index contributed by atoms with van der Waals surface area (Å²) in [7, 11) is 0. The van der Waals surface area contributed by atoms with E-state index in [4.69, 9.17) is 23.2 Å². The van der Waals surface area contributed by atoms with E-state index in [2.05, 4.69) is 0 Å². The van der Waals surface area contributed by atoms with Crippen LogP contribution in [0.25, 0.3) is 0 Å². The van der Waals surface area contributed by atoms with Gasteiger partial charge in [-0.3, -0.25) is 4.79 Å². The average molecular weight is 217 g/mol. The number of Topliss-reactive ketones (excluding diaryl/α,β-unsaturated/α-hetero) is 1. The van der Waals surface area contributed by atoms with E-state index in [9.17, 15) is 4.79 Å². The number of carbonyl (C=O) groups excluding carboxylic acids is 1. The standard InChI is InChI=1S/C10H10Cl2O/c1-7(13)9(11)10(12)8-5-3-2-4-6-8/h2-6,9-10H,1H3/t9-,10-/m0/s1. The fourth-order valence-corrected chi connectivity index (χ4v) is 1.48. The Kier molecular flexibility index (Phi) is 3.76. The molecule has 0 spiro atoms. The van der Waals surface area contributed by atoms with Gasteiger partial charge in [0.2, 0.25) is 0 Å². The number of carbonyl (C=O) groups is 1. The van der Waals surface area contributed by atoms with Gasteiger partial charge in [0.15, 0.2) is 0 Å². The molecular formula is C10H10Cl2O. The van der Waals surface area contributed by atoms with E-state index in [0.29, 0.717) is 0 Å². The van der Waals surface area contributed by atoms with E-state index in [0.717, 1.165) is 5.56 Å². The summed E-state index contributed by atoms with van der Waals surface area (Å²) in [6, 6.07) is 9.35. The summed E-state index contributed by atoms with van der Waals surface area (Å²) in [6.07, 6.45) is 0. The number of hydrogen-bond donors (Lipinski definition) is 0. The summed E-state index contributed by atoms with van der Waals surface area (Å²) in [5, 5.41) is -1.09. The summed E-state index contributed by atoms with van der Waals surface area (Å²) >= 11 is 11.8. The van der Waals surface area contributed by atoms with Crippen molar-refractivity contribution < 1.29 is 4.79 Å². The molecule has 0 heterocycles. The zero-order chi connectivity index (χ0) is 9.84. The Morgan fingerprint density at radius 3 is 2.23 bits per heavy atom. The molecule has 1 aromatic carbocycles. The van der Waals surface area contributed by atoms with Gasteiger partial charge in [-0.15, -0.1) is 23.2 Å². The summed E-state index contributed by atoms with van der Waals surface area (Å²) in [4.78, 5) is 10.9. The number of ketones is 1. The minimum Gasteiger partial charge on any atom is -0.298 e. The van der Waals surface area contributed by atoms with Crippen LogP contribution in [0.15, 0.2) is 30.3 Å². The fourth-order valence-electron chi connectivity index (χ4n) is 1.01. The Hall–Kier alpha value is -0.530. The lowest BCUT2D eigenvalue weighted by molar-refractivity contribution is -0.116. The number of rotatable bonds is 3. The lowest BCUT2D eigenvalue weighted by atomic mass is 10.1. The van der Waals surface area contributed by atoms with Gasteiger partial charge in [-0.1, -0.05) is 30.3 Å². The fraction of sp³-hybridized carbons (Fsp3) is 0.300. The molecule has 1 aromatic rings. The van der Waals surface area contributed by atoms with Crippen molar-refractivity contribution in [3.8, 4) is 0 Å². The molecule has 0 aliphatic carbocycles. The molecule has 0 unspecified atom stereocenters. The van der Waals surface area contributed by atoms with Gasteiger partial charge in [0.1, 0.15) is 11.2 Å². The van der Waals surface area contributed by atoms with Crippen LogP contribution in [-0.4, -0.2) is 11.2 Å². The van der Waals surface area contributed by atoms with E-state index in [-0.39, 0.29) is 5.78 Å². The Morgan fingerprint density at radius 1 is 1.23 bits per heavy atom. The molecule has 0 N–H and O–H groups in total. The van der Waals surface area contributed by atoms with Crippen molar-refractivity contribution in [3.63, 3.8) is 0 Å². The molecule has 0 aliphatic heterocycles. The molecule has 0 radical (unpaired) electrons. The number of benzene rings is 1. The molecule has 0 aromatic heterocycles. The van der Waals surface area contributed by atoms with Gasteiger partial charge >= 0.3 is 0 Å². The molecular weight excluding hydrogens is 207 g/mol. The molecule has 0 fully saturated rings. The molecule has 0 amide bonds. The van der Waals surface area contributed by atoms with Crippen LogP contribution in [0.3, 0.4) is 0 Å². The maximum Gasteiger partial charge on any atom is 0.149 e. The first-order valence-corrected chi connectivity index (χ1v) is 4.83. The zero-order valence-electron chi connectivity index (χ0n) is 7.21. The molecule has 0 saturated carbocycles. The zero-order valence-corrected chi connectivity index (χ0v) is 8.72. The van der Waals surface area contributed by atoms with Crippen LogP contribution in [0.4, 0.5) is 0 Å². The first kappa shape index (κ1) is 10.6. The van der Waals surface area contributed by atoms with Crippen LogP contribution in [0.2, 0.25) is 0 Å². The number of halogens is 2. The van der Waals surface area contributed by atoms with Crippen molar-refractivity contribution in [1.82, 2.24) is 0 Å². The maximum atomic E-state index is 10.9. The molecule has 70 valence electrons. The Bertz CT molecular complexity index is 284. The molecule has 13 heavy (non-hydrogen) atoms. The predicted molar refractivity (Wildman–Crippen MR) is 55.4 cm³/mol. The van der Waals surface area contributed by atoms with Gasteiger partial charge in [0.05, 0.1) is 5.38 Å².